The Hall–Kier alpha value is -2.58. The number of nitrogens with zero attached hydrogens (tertiary/aromatic N) is 3. The Morgan fingerprint density at radius 1 is 0.960 bits per heavy atom. The number of anilines is 1. The summed E-state index contributed by atoms with van der Waals surface area (Å²) in [4.78, 5) is 8.55. The van der Waals surface area contributed by atoms with E-state index < -0.39 is 23.5 Å². The quantitative estimate of drug-likeness (QED) is 0.443. The Morgan fingerprint density at radius 3 is 2.04 bits per heavy atom. The summed E-state index contributed by atoms with van der Waals surface area (Å²) < 4.78 is 77.6. The van der Waals surface area contributed by atoms with Gasteiger partial charge in [0, 0.05) is 25.9 Å². The van der Waals surface area contributed by atoms with Gasteiger partial charge in [0.05, 0.1) is 17.5 Å². The molecule has 0 unspecified atom stereocenters. The van der Waals surface area contributed by atoms with Gasteiger partial charge in [-0.25, -0.2) is 4.98 Å². The lowest BCUT2D eigenvalue weighted by Gasteiger charge is -2.19. The normalized spacial score (nSPS) is 12.6. The lowest BCUT2D eigenvalue weighted by Crippen LogP contribution is -2.21. The molecule has 1 heterocycles. The molecule has 0 aliphatic carbocycles. The number of aliphatic imine (C=N–C) groups is 1. The fourth-order valence-electron chi connectivity index (χ4n) is 2.18. The van der Waals surface area contributed by atoms with Gasteiger partial charge in [-0.2, -0.15) is 26.3 Å². The van der Waals surface area contributed by atoms with Crippen LogP contribution in [0.1, 0.15) is 11.1 Å². The van der Waals surface area contributed by atoms with Crippen LogP contribution in [-0.4, -0.2) is 25.4 Å². The van der Waals surface area contributed by atoms with Gasteiger partial charge in [-0.05, 0) is 23.8 Å². The molecule has 1 aromatic heterocycles. The van der Waals surface area contributed by atoms with Crippen LogP contribution in [0.5, 0.6) is 0 Å². The van der Waals surface area contributed by atoms with Crippen molar-refractivity contribution in [1.29, 1.82) is 0 Å². The summed E-state index contributed by atoms with van der Waals surface area (Å²) in [7, 11) is 2.77. The lowest BCUT2D eigenvalue weighted by molar-refractivity contribution is -0.138. The highest BCUT2D eigenvalue weighted by Crippen LogP contribution is 2.38. The fraction of sp³-hybridized carbons (Fsp3) is 0.250. The molecule has 0 atom stereocenters. The molecule has 0 N–H and O–H groups in total. The van der Waals surface area contributed by atoms with Crippen LogP contribution >= 0.6 is 0 Å². The molecular formula is C16H13F6N3. The monoisotopic (exact) mass is 361 g/mol. The molecule has 0 spiro atoms. The third-order valence-corrected chi connectivity index (χ3v) is 3.34. The zero-order valence-corrected chi connectivity index (χ0v) is 13.2. The third kappa shape index (κ3) is 4.28. The molecular weight excluding hydrogens is 348 g/mol. The number of alkyl halides is 6. The Balaban J connectivity index is 2.50. The van der Waals surface area contributed by atoms with E-state index in [9.17, 15) is 26.3 Å². The van der Waals surface area contributed by atoms with E-state index in [4.69, 9.17) is 0 Å². The zero-order chi connectivity index (χ0) is 18.8. The van der Waals surface area contributed by atoms with Crippen LogP contribution in [0.3, 0.4) is 0 Å². The van der Waals surface area contributed by atoms with Crippen LogP contribution in [0.2, 0.25) is 0 Å². The van der Waals surface area contributed by atoms with Gasteiger partial charge in [0.2, 0.25) is 0 Å². The minimum atomic E-state index is -4.68. The number of aromatic nitrogens is 1. The van der Waals surface area contributed by atoms with Gasteiger partial charge in [0.15, 0.2) is 0 Å². The highest BCUT2D eigenvalue weighted by atomic mass is 19.4. The van der Waals surface area contributed by atoms with Crippen LogP contribution in [-0.2, 0) is 12.4 Å². The summed E-state index contributed by atoms with van der Waals surface area (Å²) >= 11 is 0. The number of halogens is 6. The molecule has 0 amide bonds. The first kappa shape index (κ1) is 18.8. The van der Waals surface area contributed by atoms with Gasteiger partial charge in [0.25, 0.3) is 0 Å². The molecule has 0 radical (unpaired) electrons. The lowest BCUT2D eigenvalue weighted by atomic mass is 10.0. The molecule has 0 saturated heterocycles. The van der Waals surface area contributed by atoms with Crippen LogP contribution in [0.4, 0.5) is 32.2 Å². The van der Waals surface area contributed by atoms with E-state index >= 15 is 0 Å². The van der Waals surface area contributed by atoms with Gasteiger partial charge < -0.3 is 4.90 Å². The van der Waals surface area contributed by atoms with Crippen molar-refractivity contribution in [1.82, 2.24) is 4.98 Å². The molecule has 25 heavy (non-hydrogen) atoms. The second-order valence-electron chi connectivity index (χ2n) is 5.15. The Morgan fingerprint density at radius 2 is 1.56 bits per heavy atom. The van der Waals surface area contributed by atoms with E-state index in [-0.39, 0.29) is 16.9 Å². The van der Waals surface area contributed by atoms with Gasteiger partial charge >= 0.3 is 12.4 Å². The van der Waals surface area contributed by atoms with Gasteiger partial charge in [-0.1, -0.05) is 12.1 Å². The number of hydrogen-bond donors (Lipinski definition) is 0. The standard InChI is InChI=1S/C16H13F6N3/c1-23-9-25(2)14-13(16(20,21)22)7-11(8-24-14)10-3-5-12(6-4-10)15(17,18)19/h3-9H,1-2H3. The Kier molecular flexibility index (Phi) is 5.05. The maximum absolute atomic E-state index is 13.3. The van der Waals surface area contributed by atoms with E-state index in [2.05, 4.69) is 9.98 Å². The number of benzene rings is 1. The molecule has 3 nitrogen and oxygen atoms in total. The molecule has 1 aromatic carbocycles. The van der Waals surface area contributed by atoms with Crippen molar-refractivity contribution in [3.8, 4) is 11.1 Å². The highest BCUT2D eigenvalue weighted by Gasteiger charge is 2.36. The van der Waals surface area contributed by atoms with Crippen molar-refractivity contribution >= 4 is 12.2 Å². The predicted molar refractivity (Wildman–Crippen MR) is 82.5 cm³/mol. The summed E-state index contributed by atoms with van der Waals surface area (Å²) in [6, 6.07) is 4.69. The predicted octanol–water partition coefficient (Wildman–Crippen LogP) is 4.88. The highest BCUT2D eigenvalue weighted by molar-refractivity contribution is 5.79. The number of rotatable bonds is 3. The minimum Gasteiger partial charge on any atom is -0.320 e. The van der Waals surface area contributed by atoms with E-state index in [1.54, 1.807) is 0 Å². The van der Waals surface area contributed by atoms with Crippen LogP contribution in [0, 0.1) is 0 Å². The topological polar surface area (TPSA) is 28.5 Å². The van der Waals surface area contributed by atoms with E-state index in [1.165, 1.54) is 26.6 Å². The van der Waals surface area contributed by atoms with Crippen LogP contribution in [0.15, 0.2) is 41.5 Å². The average Bonchev–Trinajstić information content (AvgIpc) is 2.53. The molecule has 0 aliphatic heterocycles. The summed E-state index contributed by atoms with van der Waals surface area (Å²) in [5, 5.41) is 0. The van der Waals surface area contributed by atoms with E-state index in [0.717, 1.165) is 35.2 Å². The number of hydrogen-bond acceptors (Lipinski definition) is 2. The summed E-state index contributed by atoms with van der Waals surface area (Å²) in [6.07, 6.45) is -6.84. The van der Waals surface area contributed by atoms with Crippen molar-refractivity contribution in [2.75, 3.05) is 19.0 Å². The minimum absolute atomic E-state index is 0.0617. The number of pyridine rings is 1. The Bertz CT molecular complexity index is 763. The van der Waals surface area contributed by atoms with Crippen molar-refractivity contribution in [2.45, 2.75) is 12.4 Å². The molecule has 0 aliphatic rings. The maximum atomic E-state index is 13.3. The van der Waals surface area contributed by atoms with Crippen molar-refractivity contribution in [3.63, 3.8) is 0 Å². The molecule has 0 fully saturated rings. The van der Waals surface area contributed by atoms with Crippen molar-refractivity contribution < 1.29 is 26.3 Å². The SMILES string of the molecule is CN=CN(C)c1ncc(-c2ccc(C(F)(F)F)cc2)cc1C(F)(F)F. The largest absolute Gasteiger partial charge is 0.419 e. The Labute approximate surface area is 139 Å². The molecule has 9 heteroatoms. The van der Waals surface area contributed by atoms with Gasteiger partial charge in [-0.3, -0.25) is 4.99 Å². The molecule has 134 valence electrons. The van der Waals surface area contributed by atoms with Gasteiger partial charge in [0.1, 0.15) is 5.82 Å². The third-order valence-electron chi connectivity index (χ3n) is 3.34. The second-order valence-corrected chi connectivity index (χ2v) is 5.15. The molecule has 0 saturated carbocycles. The molecule has 0 bridgehead atoms. The zero-order valence-electron chi connectivity index (χ0n) is 13.2. The van der Waals surface area contributed by atoms with Crippen molar-refractivity contribution in [2.24, 2.45) is 4.99 Å². The van der Waals surface area contributed by atoms with Crippen molar-refractivity contribution in [3.05, 3.63) is 47.7 Å². The first-order valence-electron chi connectivity index (χ1n) is 6.94. The summed E-state index contributed by atoms with van der Waals surface area (Å²) in [6.45, 7) is 0. The van der Waals surface area contributed by atoms with Crippen LogP contribution in [0.25, 0.3) is 11.1 Å². The average molecular weight is 361 g/mol. The van der Waals surface area contributed by atoms with Crippen LogP contribution < -0.4 is 4.90 Å². The van der Waals surface area contributed by atoms with E-state index in [1.807, 2.05) is 0 Å². The van der Waals surface area contributed by atoms with E-state index in [0.29, 0.717) is 0 Å². The summed E-state index contributed by atoms with van der Waals surface area (Å²) in [5.41, 5.74) is -1.63. The maximum Gasteiger partial charge on any atom is 0.419 e. The summed E-state index contributed by atoms with van der Waals surface area (Å²) in [5.74, 6) is -0.353. The first-order chi connectivity index (χ1) is 11.5. The molecule has 2 aromatic rings. The molecule has 2 rings (SSSR count). The fourth-order valence-corrected chi connectivity index (χ4v) is 2.18. The second kappa shape index (κ2) is 6.73. The first-order valence-corrected chi connectivity index (χ1v) is 6.94. The van der Waals surface area contributed by atoms with Gasteiger partial charge in [-0.15, -0.1) is 0 Å². The smallest absolute Gasteiger partial charge is 0.320 e.